The molecule has 1 N–H and O–H groups in total. The van der Waals surface area contributed by atoms with Crippen LogP contribution in [0.3, 0.4) is 0 Å². The van der Waals surface area contributed by atoms with Gasteiger partial charge in [0.05, 0.1) is 0 Å². The summed E-state index contributed by atoms with van der Waals surface area (Å²) in [6.45, 7) is 0. The van der Waals surface area contributed by atoms with Gasteiger partial charge in [0.15, 0.2) is 0 Å². The lowest BCUT2D eigenvalue weighted by Crippen LogP contribution is -2.24. The number of hydrogen-bond donors (Lipinski definition) is 1. The lowest BCUT2D eigenvalue weighted by atomic mass is 10.3. The van der Waals surface area contributed by atoms with E-state index in [-0.39, 0.29) is 5.16 Å². The molecule has 6 nitrogen and oxygen atoms in total. The fourth-order valence-corrected chi connectivity index (χ4v) is 2.87. The first-order chi connectivity index (χ1) is 8.99. The molecule has 0 aliphatic heterocycles. The molecule has 0 bridgehead atoms. The molecule has 0 saturated carbocycles. The number of aromatic nitrogens is 2. The zero-order chi connectivity index (χ0) is 13.9. The molecule has 1 heterocycles. The number of carbonyl (C=O) groups excluding carboxylic acids is 1. The van der Waals surface area contributed by atoms with Crippen LogP contribution >= 0.6 is 0 Å². The van der Waals surface area contributed by atoms with Gasteiger partial charge in [-0.2, -0.15) is 0 Å². The van der Waals surface area contributed by atoms with E-state index in [1.807, 2.05) is 0 Å². The summed E-state index contributed by atoms with van der Waals surface area (Å²) in [5, 5.41) is 2.41. The Kier molecular flexibility index (Phi) is 3.66. The molecule has 0 radical (unpaired) electrons. The number of nitrogens with one attached hydrogen (secondary N) is 1. The summed E-state index contributed by atoms with van der Waals surface area (Å²) in [5.74, 6) is -1.22. The highest BCUT2D eigenvalue weighted by atomic mass is 32.2. The van der Waals surface area contributed by atoms with E-state index in [0.29, 0.717) is 5.69 Å². The van der Waals surface area contributed by atoms with Crippen LogP contribution in [0, 0.1) is 0 Å². The summed E-state index contributed by atoms with van der Waals surface area (Å²) in [5.41, 5.74) is 0.558. The molecule has 0 aliphatic rings. The summed E-state index contributed by atoms with van der Waals surface area (Å²) in [6, 6.07) is 8.68. The van der Waals surface area contributed by atoms with Gasteiger partial charge in [0, 0.05) is 25.1 Å². The van der Waals surface area contributed by atoms with Crippen LogP contribution in [-0.2, 0) is 21.7 Å². The van der Waals surface area contributed by atoms with Crippen LogP contribution in [0.2, 0.25) is 0 Å². The Bertz CT molecular complexity index is 677. The minimum Gasteiger partial charge on any atom is -0.325 e. The van der Waals surface area contributed by atoms with Crippen LogP contribution in [0.1, 0.15) is 0 Å². The number of nitrogens with zero attached hydrogens (tertiary/aromatic N) is 2. The molecule has 0 spiro atoms. The van der Waals surface area contributed by atoms with Crippen LogP contribution in [0.5, 0.6) is 0 Å². The Morgan fingerprint density at radius 3 is 2.58 bits per heavy atom. The summed E-state index contributed by atoms with van der Waals surface area (Å²) < 4.78 is 25.3. The Labute approximate surface area is 111 Å². The van der Waals surface area contributed by atoms with Gasteiger partial charge in [0.2, 0.25) is 20.9 Å². The maximum atomic E-state index is 12.0. The molecule has 0 aliphatic carbocycles. The van der Waals surface area contributed by atoms with Gasteiger partial charge in [0.1, 0.15) is 5.75 Å². The van der Waals surface area contributed by atoms with Gasteiger partial charge in [-0.25, -0.2) is 13.4 Å². The van der Waals surface area contributed by atoms with Gasteiger partial charge in [-0.1, -0.05) is 18.2 Å². The van der Waals surface area contributed by atoms with Gasteiger partial charge in [0.25, 0.3) is 0 Å². The van der Waals surface area contributed by atoms with Crippen LogP contribution in [0.15, 0.2) is 47.9 Å². The first kappa shape index (κ1) is 13.3. The molecule has 2 aromatic rings. The third-order valence-corrected chi connectivity index (χ3v) is 4.03. The standard InChI is InChI=1S/C12H13N3O3S/c1-15-8-7-13-12(15)19(17,18)9-11(16)14-10-5-3-2-4-6-10/h2-8H,9H2,1H3,(H,14,16). The third kappa shape index (κ3) is 3.19. The second-order valence-corrected chi connectivity index (χ2v) is 5.88. The molecule has 0 atom stereocenters. The van der Waals surface area contributed by atoms with Crippen molar-refractivity contribution in [1.29, 1.82) is 0 Å². The van der Waals surface area contributed by atoms with E-state index in [4.69, 9.17) is 0 Å². The highest BCUT2D eigenvalue weighted by molar-refractivity contribution is 7.92. The summed E-state index contributed by atoms with van der Waals surface area (Å²) in [6.07, 6.45) is 2.89. The molecule has 1 amide bonds. The van der Waals surface area contributed by atoms with Crippen LogP contribution in [0.25, 0.3) is 0 Å². The predicted molar refractivity (Wildman–Crippen MR) is 70.3 cm³/mol. The summed E-state index contributed by atoms with van der Waals surface area (Å²) in [7, 11) is -2.16. The van der Waals surface area contributed by atoms with Crippen molar-refractivity contribution in [3.05, 3.63) is 42.7 Å². The van der Waals surface area contributed by atoms with E-state index >= 15 is 0 Å². The number of carbonyl (C=O) groups is 1. The second-order valence-electron chi connectivity index (χ2n) is 3.99. The molecule has 7 heteroatoms. The Hall–Kier alpha value is -2.15. The highest BCUT2D eigenvalue weighted by Gasteiger charge is 2.23. The number of sulfone groups is 1. The van der Waals surface area contributed by atoms with E-state index in [9.17, 15) is 13.2 Å². The molecular weight excluding hydrogens is 266 g/mol. The van der Waals surface area contributed by atoms with Gasteiger partial charge in [-0.3, -0.25) is 4.79 Å². The summed E-state index contributed by atoms with van der Waals surface area (Å²) in [4.78, 5) is 15.4. The largest absolute Gasteiger partial charge is 0.325 e. The molecule has 0 fully saturated rings. The predicted octanol–water partition coefficient (Wildman–Crippen LogP) is 0.832. The molecule has 100 valence electrons. The average molecular weight is 279 g/mol. The van der Waals surface area contributed by atoms with E-state index < -0.39 is 21.5 Å². The number of amides is 1. The zero-order valence-electron chi connectivity index (χ0n) is 10.3. The second kappa shape index (κ2) is 5.23. The third-order valence-electron chi connectivity index (χ3n) is 2.43. The van der Waals surface area contributed by atoms with Gasteiger partial charge in [-0.05, 0) is 12.1 Å². The molecule has 2 rings (SSSR count). The summed E-state index contributed by atoms with van der Waals surface area (Å²) >= 11 is 0. The topological polar surface area (TPSA) is 81.1 Å². The Morgan fingerprint density at radius 1 is 1.32 bits per heavy atom. The van der Waals surface area contributed by atoms with E-state index in [0.717, 1.165) is 0 Å². The first-order valence-corrected chi connectivity index (χ1v) is 7.19. The van der Waals surface area contributed by atoms with E-state index in [1.54, 1.807) is 37.4 Å². The van der Waals surface area contributed by atoms with E-state index in [1.165, 1.54) is 17.0 Å². The Morgan fingerprint density at radius 2 is 2.00 bits per heavy atom. The minimum absolute atomic E-state index is 0.115. The number of rotatable bonds is 4. The molecule has 1 aromatic heterocycles. The highest BCUT2D eigenvalue weighted by Crippen LogP contribution is 2.09. The number of benzene rings is 1. The van der Waals surface area contributed by atoms with Crippen molar-refractivity contribution in [2.45, 2.75) is 5.16 Å². The van der Waals surface area contributed by atoms with Crippen molar-refractivity contribution >= 4 is 21.4 Å². The van der Waals surface area contributed by atoms with Gasteiger partial charge < -0.3 is 9.88 Å². The number of anilines is 1. The number of imidazole rings is 1. The van der Waals surface area contributed by atoms with Crippen molar-refractivity contribution in [3.63, 3.8) is 0 Å². The van der Waals surface area contributed by atoms with Crippen LogP contribution in [0.4, 0.5) is 5.69 Å². The Balaban J connectivity index is 2.09. The van der Waals surface area contributed by atoms with Crippen molar-refractivity contribution < 1.29 is 13.2 Å². The molecule has 1 aromatic carbocycles. The van der Waals surface area contributed by atoms with Crippen LogP contribution in [-0.4, -0.2) is 29.6 Å². The fourth-order valence-electron chi connectivity index (χ4n) is 1.61. The maximum absolute atomic E-state index is 12.0. The van der Waals surface area contributed by atoms with Crippen molar-refractivity contribution in [1.82, 2.24) is 9.55 Å². The average Bonchev–Trinajstić information content (AvgIpc) is 2.76. The number of hydrogen-bond acceptors (Lipinski definition) is 4. The lowest BCUT2D eigenvalue weighted by molar-refractivity contribution is -0.113. The van der Waals surface area contributed by atoms with Gasteiger partial charge >= 0.3 is 0 Å². The quantitative estimate of drug-likeness (QED) is 0.899. The SMILES string of the molecule is Cn1ccnc1S(=O)(=O)CC(=O)Nc1ccccc1. The van der Waals surface area contributed by atoms with Crippen molar-refractivity contribution in [2.75, 3.05) is 11.1 Å². The molecule has 0 saturated heterocycles. The monoisotopic (exact) mass is 279 g/mol. The number of aryl methyl sites for hydroxylation is 1. The molecule has 19 heavy (non-hydrogen) atoms. The maximum Gasteiger partial charge on any atom is 0.240 e. The van der Waals surface area contributed by atoms with Crippen molar-refractivity contribution in [3.8, 4) is 0 Å². The molecule has 0 unspecified atom stereocenters. The fraction of sp³-hybridized carbons (Fsp3) is 0.167. The lowest BCUT2D eigenvalue weighted by Gasteiger charge is -2.06. The number of para-hydroxylation sites is 1. The normalized spacial score (nSPS) is 11.2. The smallest absolute Gasteiger partial charge is 0.240 e. The molecular formula is C12H13N3O3S. The zero-order valence-corrected chi connectivity index (χ0v) is 11.1. The first-order valence-electron chi connectivity index (χ1n) is 5.54. The van der Waals surface area contributed by atoms with E-state index in [2.05, 4.69) is 10.3 Å². The minimum atomic E-state index is -3.73. The van der Waals surface area contributed by atoms with Gasteiger partial charge in [-0.15, -0.1) is 0 Å². The van der Waals surface area contributed by atoms with Crippen LogP contribution < -0.4 is 5.32 Å². The van der Waals surface area contributed by atoms with Crippen molar-refractivity contribution in [2.24, 2.45) is 7.05 Å².